The molecule has 1 aliphatic rings. The van der Waals surface area contributed by atoms with E-state index in [2.05, 4.69) is 37.9 Å². The Morgan fingerprint density at radius 1 is 1.09 bits per heavy atom. The van der Waals surface area contributed by atoms with Gasteiger partial charge >= 0.3 is 0 Å². The number of ether oxygens (including phenoxy) is 1. The van der Waals surface area contributed by atoms with Crippen LogP contribution < -0.4 is 4.90 Å². The largest absolute Gasteiger partial charge is 0.423 e. The van der Waals surface area contributed by atoms with Crippen LogP contribution in [0.25, 0.3) is 11.1 Å². The highest BCUT2D eigenvalue weighted by Crippen LogP contribution is 2.28. The summed E-state index contributed by atoms with van der Waals surface area (Å²) in [6, 6.07) is 16.8. The first-order chi connectivity index (χ1) is 10.8. The minimum atomic E-state index is 0.0388. The molecule has 0 spiro atoms. The summed E-state index contributed by atoms with van der Waals surface area (Å²) in [5.41, 5.74) is 2.89. The van der Waals surface area contributed by atoms with Crippen LogP contribution in [0.4, 0.5) is 6.01 Å². The lowest BCUT2D eigenvalue weighted by Gasteiger charge is -2.32. The second-order valence-corrected chi connectivity index (χ2v) is 6.24. The minimum absolute atomic E-state index is 0.0388. The normalized spacial score (nSPS) is 18.8. The van der Waals surface area contributed by atoms with Crippen LogP contribution in [0, 0.1) is 0 Å². The van der Waals surface area contributed by atoms with Crippen LogP contribution in [0.2, 0.25) is 0 Å². The van der Waals surface area contributed by atoms with Crippen molar-refractivity contribution in [3.05, 3.63) is 58.6 Å². The van der Waals surface area contributed by atoms with Crippen LogP contribution in [-0.4, -0.2) is 24.7 Å². The molecule has 0 unspecified atom stereocenters. The van der Waals surface area contributed by atoms with Crippen LogP contribution >= 0.6 is 15.9 Å². The Kier molecular flexibility index (Phi) is 3.60. The average Bonchev–Trinajstić information content (AvgIpc) is 3.00. The van der Waals surface area contributed by atoms with Crippen LogP contribution in [0.15, 0.2) is 57.4 Å². The fourth-order valence-corrected chi connectivity index (χ4v) is 2.96. The molecule has 2 heterocycles. The fourth-order valence-electron chi connectivity index (χ4n) is 2.70. The van der Waals surface area contributed by atoms with Crippen molar-refractivity contribution in [1.29, 1.82) is 0 Å². The SMILES string of the molecule is Brc1ccc([C@H]2CN(c3nc4ccccc4o3)CCO2)cc1. The van der Waals surface area contributed by atoms with Gasteiger partial charge in [-0.05, 0) is 29.8 Å². The summed E-state index contributed by atoms with van der Waals surface area (Å²) in [4.78, 5) is 6.72. The number of halogens is 1. The summed E-state index contributed by atoms with van der Waals surface area (Å²) in [6.45, 7) is 2.20. The Morgan fingerprint density at radius 3 is 2.73 bits per heavy atom. The monoisotopic (exact) mass is 358 g/mol. The summed E-state index contributed by atoms with van der Waals surface area (Å²) in [5.74, 6) is 0. The van der Waals surface area contributed by atoms with E-state index in [-0.39, 0.29) is 6.10 Å². The molecule has 1 fully saturated rings. The number of anilines is 1. The van der Waals surface area contributed by atoms with E-state index in [1.165, 1.54) is 5.56 Å². The number of morpholine rings is 1. The van der Waals surface area contributed by atoms with Gasteiger partial charge in [-0.2, -0.15) is 4.98 Å². The Bertz CT molecular complexity index is 752. The minimum Gasteiger partial charge on any atom is -0.423 e. The molecule has 3 aromatic rings. The zero-order chi connectivity index (χ0) is 14.9. The Labute approximate surface area is 136 Å². The summed E-state index contributed by atoms with van der Waals surface area (Å²) in [5, 5.41) is 0. The molecule has 1 aliphatic heterocycles. The summed E-state index contributed by atoms with van der Waals surface area (Å²) in [7, 11) is 0. The van der Waals surface area contributed by atoms with Gasteiger partial charge < -0.3 is 14.1 Å². The molecule has 4 nitrogen and oxygen atoms in total. The van der Waals surface area contributed by atoms with Crippen molar-refractivity contribution in [2.75, 3.05) is 24.6 Å². The number of oxazole rings is 1. The van der Waals surface area contributed by atoms with Gasteiger partial charge in [0.05, 0.1) is 13.2 Å². The average molecular weight is 359 g/mol. The van der Waals surface area contributed by atoms with Crippen molar-refractivity contribution in [3.63, 3.8) is 0 Å². The highest BCUT2D eigenvalue weighted by atomic mass is 79.9. The van der Waals surface area contributed by atoms with Crippen molar-refractivity contribution >= 4 is 33.0 Å². The number of fused-ring (bicyclic) bond motifs is 1. The van der Waals surface area contributed by atoms with E-state index < -0.39 is 0 Å². The lowest BCUT2D eigenvalue weighted by Crippen LogP contribution is -2.38. The van der Waals surface area contributed by atoms with Gasteiger partial charge in [-0.3, -0.25) is 0 Å². The highest BCUT2D eigenvalue weighted by Gasteiger charge is 2.25. The van der Waals surface area contributed by atoms with Crippen molar-refractivity contribution in [1.82, 2.24) is 4.98 Å². The molecule has 0 bridgehead atoms. The molecule has 0 saturated carbocycles. The van der Waals surface area contributed by atoms with Gasteiger partial charge in [0.15, 0.2) is 5.58 Å². The molecule has 0 N–H and O–H groups in total. The van der Waals surface area contributed by atoms with Gasteiger partial charge in [-0.1, -0.05) is 40.2 Å². The quantitative estimate of drug-likeness (QED) is 0.689. The van der Waals surface area contributed by atoms with Gasteiger partial charge in [0.2, 0.25) is 0 Å². The molecule has 22 heavy (non-hydrogen) atoms. The highest BCUT2D eigenvalue weighted by molar-refractivity contribution is 9.10. The molecule has 112 valence electrons. The topological polar surface area (TPSA) is 38.5 Å². The first kappa shape index (κ1) is 13.8. The van der Waals surface area contributed by atoms with Crippen molar-refractivity contribution in [2.24, 2.45) is 0 Å². The standard InChI is InChI=1S/C17H15BrN2O2/c18-13-7-5-12(6-8-13)16-11-20(9-10-21-16)17-19-14-3-1-2-4-15(14)22-17/h1-8,16H,9-11H2/t16-/m1/s1. The number of para-hydroxylation sites is 2. The molecular formula is C17H15BrN2O2. The van der Waals surface area contributed by atoms with E-state index in [0.29, 0.717) is 12.6 Å². The third-order valence-corrected chi connectivity index (χ3v) is 4.39. The zero-order valence-corrected chi connectivity index (χ0v) is 13.5. The maximum atomic E-state index is 5.90. The molecule has 0 radical (unpaired) electrons. The van der Waals surface area contributed by atoms with E-state index in [1.54, 1.807) is 0 Å². The number of nitrogens with zero attached hydrogens (tertiary/aromatic N) is 2. The van der Waals surface area contributed by atoms with Crippen LogP contribution in [0.3, 0.4) is 0 Å². The smallest absolute Gasteiger partial charge is 0.298 e. The zero-order valence-electron chi connectivity index (χ0n) is 11.9. The molecular weight excluding hydrogens is 344 g/mol. The van der Waals surface area contributed by atoms with Gasteiger partial charge in [0, 0.05) is 11.0 Å². The van der Waals surface area contributed by atoms with Crippen molar-refractivity contribution in [2.45, 2.75) is 6.10 Å². The molecule has 4 rings (SSSR count). The van der Waals surface area contributed by atoms with Gasteiger partial charge in [-0.25, -0.2) is 0 Å². The number of aromatic nitrogens is 1. The third-order valence-electron chi connectivity index (χ3n) is 3.86. The Morgan fingerprint density at radius 2 is 1.91 bits per heavy atom. The Balaban J connectivity index is 1.58. The van der Waals surface area contributed by atoms with Crippen molar-refractivity contribution < 1.29 is 9.15 Å². The lowest BCUT2D eigenvalue weighted by atomic mass is 10.1. The molecule has 0 amide bonds. The molecule has 1 saturated heterocycles. The number of hydrogen-bond donors (Lipinski definition) is 0. The predicted molar refractivity (Wildman–Crippen MR) is 89.1 cm³/mol. The van der Waals surface area contributed by atoms with E-state index in [9.17, 15) is 0 Å². The molecule has 0 aliphatic carbocycles. The van der Waals surface area contributed by atoms with Crippen LogP contribution in [0.1, 0.15) is 11.7 Å². The maximum absolute atomic E-state index is 5.90. The first-order valence-corrected chi connectivity index (χ1v) is 8.06. The third kappa shape index (κ3) is 2.62. The van der Waals surface area contributed by atoms with Gasteiger partial charge in [-0.15, -0.1) is 0 Å². The molecule has 1 atom stereocenters. The molecule has 2 aromatic carbocycles. The van der Waals surface area contributed by atoms with E-state index in [1.807, 2.05) is 36.4 Å². The fraction of sp³-hybridized carbons (Fsp3) is 0.235. The first-order valence-electron chi connectivity index (χ1n) is 7.27. The Hall–Kier alpha value is -1.85. The van der Waals surface area contributed by atoms with Crippen LogP contribution in [-0.2, 0) is 4.74 Å². The van der Waals surface area contributed by atoms with Gasteiger partial charge in [0.25, 0.3) is 6.01 Å². The van der Waals surface area contributed by atoms with E-state index >= 15 is 0 Å². The number of hydrogen-bond acceptors (Lipinski definition) is 4. The van der Waals surface area contributed by atoms with Gasteiger partial charge in [0.1, 0.15) is 11.6 Å². The number of rotatable bonds is 2. The molecule has 1 aromatic heterocycles. The van der Waals surface area contributed by atoms with Crippen molar-refractivity contribution in [3.8, 4) is 0 Å². The summed E-state index contributed by atoms with van der Waals surface area (Å²) >= 11 is 3.46. The van der Waals surface area contributed by atoms with E-state index in [0.717, 1.165) is 28.7 Å². The second kappa shape index (κ2) is 5.74. The second-order valence-electron chi connectivity index (χ2n) is 5.32. The molecule has 5 heteroatoms. The maximum Gasteiger partial charge on any atom is 0.298 e. The summed E-state index contributed by atoms with van der Waals surface area (Å²) in [6.07, 6.45) is 0.0388. The van der Waals surface area contributed by atoms with Crippen LogP contribution in [0.5, 0.6) is 0 Å². The predicted octanol–water partition coefficient (Wildman–Crippen LogP) is 4.17. The summed E-state index contributed by atoms with van der Waals surface area (Å²) < 4.78 is 12.8. The lowest BCUT2D eigenvalue weighted by molar-refractivity contribution is 0.0381. The number of benzene rings is 2. The van der Waals surface area contributed by atoms with E-state index in [4.69, 9.17) is 9.15 Å².